The number of aromatic nitrogens is 1. The first-order valence-electron chi connectivity index (χ1n) is 6.00. The Labute approximate surface area is 102 Å². The third kappa shape index (κ3) is 2.55. The van der Waals surface area contributed by atoms with Crippen LogP contribution in [0, 0.1) is 0 Å². The Bertz CT molecular complexity index is 342. The lowest BCUT2D eigenvalue weighted by molar-refractivity contribution is 0.122. The van der Waals surface area contributed by atoms with Gasteiger partial charge in [0.15, 0.2) is 0 Å². The van der Waals surface area contributed by atoms with Crippen molar-refractivity contribution in [2.45, 2.75) is 44.1 Å². The summed E-state index contributed by atoms with van der Waals surface area (Å²) in [6.45, 7) is 0. The Morgan fingerprint density at radius 1 is 1.56 bits per heavy atom. The van der Waals surface area contributed by atoms with E-state index in [9.17, 15) is 5.11 Å². The molecule has 1 aromatic rings. The third-order valence-electron chi connectivity index (χ3n) is 3.34. The Balaban J connectivity index is 2.12. The minimum Gasteiger partial charge on any atom is -0.392 e. The van der Waals surface area contributed by atoms with Crippen molar-refractivity contribution in [3.63, 3.8) is 0 Å². The molecule has 2 rings (SSSR count). The van der Waals surface area contributed by atoms with Crippen molar-refractivity contribution in [1.82, 2.24) is 4.98 Å². The summed E-state index contributed by atoms with van der Waals surface area (Å²) in [5.74, 6) is 0.840. The van der Waals surface area contributed by atoms with Crippen LogP contribution in [-0.4, -0.2) is 22.1 Å². The predicted octanol–water partition coefficient (Wildman–Crippen LogP) is 2.88. The van der Waals surface area contributed by atoms with E-state index in [0.29, 0.717) is 5.88 Å². The van der Waals surface area contributed by atoms with E-state index in [1.807, 2.05) is 12.3 Å². The number of hydrogen-bond acceptors (Lipinski definition) is 2. The van der Waals surface area contributed by atoms with Crippen LogP contribution in [-0.2, 0) is 6.42 Å². The molecule has 1 N–H and O–H groups in total. The first-order chi connectivity index (χ1) is 7.83. The van der Waals surface area contributed by atoms with E-state index in [2.05, 4.69) is 11.1 Å². The Morgan fingerprint density at radius 3 is 3.25 bits per heavy atom. The number of alkyl halides is 1. The second-order valence-electron chi connectivity index (χ2n) is 4.45. The molecule has 2 nitrogen and oxygen atoms in total. The molecule has 0 amide bonds. The summed E-state index contributed by atoms with van der Waals surface area (Å²) >= 11 is 5.66. The lowest BCUT2D eigenvalue weighted by Gasteiger charge is -2.28. The summed E-state index contributed by atoms with van der Waals surface area (Å²) in [5.41, 5.74) is 2.42. The highest BCUT2D eigenvalue weighted by Gasteiger charge is 2.27. The van der Waals surface area contributed by atoms with Crippen molar-refractivity contribution in [2.24, 2.45) is 0 Å². The molecule has 1 heterocycles. The summed E-state index contributed by atoms with van der Waals surface area (Å²) in [7, 11) is 0. The Kier molecular flexibility index (Phi) is 4.19. The number of nitrogens with zero attached hydrogens (tertiary/aromatic N) is 1. The van der Waals surface area contributed by atoms with Gasteiger partial charge < -0.3 is 5.11 Å². The van der Waals surface area contributed by atoms with Gasteiger partial charge in [-0.05, 0) is 43.7 Å². The SMILES string of the molecule is OC(CCCCl)C1CCCc2cccnc21. The molecule has 2 unspecified atom stereocenters. The zero-order valence-corrected chi connectivity index (χ0v) is 10.2. The molecule has 1 aromatic heterocycles. The zero-order chi connectivity index (χ0) is 11.4. The summed E-state index contributed by atoms with van der Waals surface area (Å²) < 4.78 is 0. The first-order valence-corrected chi connectivity index (χ1v) is 6.54. The lowest BCUT2D eigenvalue weighted by Crippen LogP contribution is -2.24. The van der Waals surface area contributed by atoms with Crippen LogP contribution in [0.5, 0.6) is 0 Å². The van der Waals surface area contributed by atoms with Crippen LogP contribution in [0.2, 0.25) is 0 Å². The second kappa shape index (κ2) is 5.65. The van der Waals surface area contributed by atoms with Crippen LogP contribution in [0.25, 0.3) is 0 Å². The minimum absolute atomic E-state index is 0.216. The van der Waals surface area contributed by atoms with E-state index in [4.69, 9.17) is 11.6 Å². The molecule has 0 saturated carbocycles. The molecular weight excluding hydrogens is 222 g/mol. The monoisotopic (exact) mass is 239 g/mol. The summed E-state index contributed by atoms with van der Waals surface area (Å²) in [4.78, 5) is 4.44. The van der Waals surface area contributed by atoms with Crippen LogP contribution in [0.4, 0.5) is 0 Å². The number of aliphatic hydroxyl groups excluding tert-OH is 1. The van der Waals surface area contributed by atoms with Crippen LogP contribution in [0.15, 0.2) is 18.3 Å². The molecule has 3 heteroatoms. The van der Waals surface area contributed by atoms with Crippen LogP contribution < -0.4 is 0 Å². The molecule has 0 aliphatic heterocycles. The number of aliphatic hydroxyl groups is 1. The van der Waals surface area contributed by atoms with Crippen LogP contribution in [0.1, 0.15) is 42.9 Å². The number of rotatable bonds is 4. The average Bonchev–Trinajstić information content (AvgIpc) is 2.35. The van der Waals surface area contributed by atoms with Crippen molar-refractivity contribution in [3.05, 3.63) is 29.6 Å². The molecule has 0 saturated heterocycles. The van der Waals surface area contributed by atoms with Gasteiger partial charge >= 0.3 is 0 Å². The normalized spacial score (nSPS) is 21.5. The zero-order valence-electron chi connectivity index (χ0n) is 9.40. The fraction of sp³-hybridized carbons (Fsp3) is 0.615. The molecule has 0 aromatic carbocycles. The lowest BCUT2D eigenvalue weighted by atomic mass is 9.82. The topological polar surface area (TPSA) is 33.1 Å². The molecule has 16 heavy (non-hydrogen) atoms. The second-order valence-corrected chi connectivity index (χ2v) is 4.82. The van der Waals surface area contributed by atoms with E-state index < -0.39 is 0 Å². The molecule has 0 spiro atoms. The van der Waals surface area contributed by atoms with E-state index in [-0.39, 0.29) is 12.0 Å². The van der Waals surface area contributed by atoms with E-state index in [1.54, 1.807) is 0 Å². The van der Waals surface area contributed by atoms with Gasteiger partial charge in [-0.15, -0.1) is 11.6 Å². The average molecular weight is 240 g/mol. The highest BCUT2D eigenvalue weighted by atomic mass is 35.5. The molecule has 1 aliphatic rings. The molecule has 0 bridgehead atoms. The summed E-state index contributed by atoms with van der Waals surface area (Å²) in [5, 5.41) is 10.2. The number of hydrogen-bond donors (Lipinski definition) is 1. The maximum Gasteiger partial charge on any atom is 0.0624 e. The van der Waals surface area contributed by atoms with Gasteiger partial charge in [-0.1, -0.05) is 6.07 Å². The molecule has 2 atom stereocenters. The van der Waals surface area contributed by atoms with Gasteiger partial charge in [-0.3, -0.25) is 4.98 Å². The number of halogens is 1. The quantitative estimate of drug-likeness (QED) is 0.820. The maximum atomic E-state index is 10.2. The minimum atomic E-state index is -0.285. The van der Waals surface area contributed by atoms with Crippen LogP contribution in [0.3, 0.4) is 0 Å². The van der Waals surface area contributed by atoms with Gasteiger partial charge in [0.1, 0.15) is 0 Å². The standard InChI is InChI=1S/C13H18ClNO/c14-8-2-7-12(16)11-6-1-4-10-5-3-9-15-13(10)11/h3,5,9,11-12,16H,1-2,4,6-8H2. The number of aryl methyl sites for hydroxylation is 1. The number of fused-ring (bicyclic) bond motifs is 1. The van der Waals surface area contributed by atoms with E-state index >= 15 is 0 Å². The van der Waals surface area contributed by atoms with E-state index in [1.165, 1.54) is 5.56 Å². The Hall–Kier alpha value is -0.600. The molecular formula is C13H18ClNO. The van der Waals surface area contributed by atoms with Crippen molar-refractivity contribution in [2.75, 3.05) is 5.88 Å². The molecule has 1 aliphatic carbocycles. The van der Waals surface area contributed by atoms with Crippen molar-refractivity contribution < 1.29 is 5.11 Å². The molecule has 0 radical (unpaired) electrons. The number of pyridine rings is 1. The summed E-state index contributed by atoms with van der Waals surface area (Å²) in [6, 6.07) is 4.11. The predicted molar refractivity (Wildman–Crippen MR) is 65.9 cm³/mol. The molecule has 88 valence electrons. The first kappa shape index (κ1) is 11.9. The maximum absolute atomic E-state index is 10.2. The van der Waals surface area contributed by atoms with Gasteiger partial charge in [-0.25, -0.2) is 0 Å². The van der Waals surface area contributed by atoms with Crippen molar-refractivity contribution in [3.8, 4) is 0 Å². The van der Waals surface area contributed by atoms with Crippen LogP contribution >= 0.6 is 11.6 Å². The van der Waals surface area contributed by atoms with Gasteiger partial charge in [0.05, 0.1) is 6.10 Å². The van der Waals surface area contributed by atoms with Gasteiger partial charge in [0, 0.05) is 23.7 Å². The fourth-order valence-corrected chi connectivity index (χ4v) is 2.66. The summed E-state index contributed by atoms with van der Waals surface area (Å²) in [6.07, 6.45) is 6.50. The fourth-order valence-electron chi connectivity index (χ4n) is 2.51. The van der Waals surface area contributed by atoms with Crippen molar-refractivity contribution >= 4 is 11.6 Å². The van der Waals surface area contributed by atoms with Crippen molar-refractivity contribution in [1.29, 1.82) is 0 Å². The van der Waals surface area contributed by atoms with E-state index in [0.717, 1.165) is 37.8 Å². The van der Waals surface area contributed by atoms with Gasteiger partial charge in [0.25, 0.3) is 0 Å². The largest absolute Gasteiger partial charge is 0.392 e. The highest BCUT2D eigenvalue weighted by molar-refractivity contribution is 6.17. The molecule has 0 fully saturated rings. The van der Waals surface area contributed by atoms with Gasteiger partial charge in [0.2, 0.25) is 0 Å². The van der Waals surface area contributed by atoms with Gasteiger partial charge in [-0.2, -0.15) is 0 Å². The smallest absolute Gasteiger partial charge is 0.0624 e. The Morgan fingerprint density at radius 2 is 2.44 bits per heavy atom. The highest BCUT2D eigenvalue weighted by Crippen LogP contribution is 2.33. The third-order valence-corrected chi connectivity index (χ3v) is 3.60.